The van der Waals surface area contributed by atoms with E-state index in [2.05, 4.69) is 0 Å². The Bertz CT molecular complexity index is 762. The molecule has 0 aliphatic rings. The highest BCUT2D eigenvalue weighted by Crippen LogP contribution is 2.28. The molecule has 2 aromatic carbocycles. The molecule has 0 fully saturated rings. The number of hydrogen-bond acceptors (Lipinski definition) is 5. The van der Waals surface area contributed by atoms with Gasteiger partial charge in [-0.2, -0.15) is 0 Å². The first kappa shape index (κ1) is 17.1. The highest BCUT2D eigenvalue weighted by Gasteiger charge is 2.12. The molecule has 24 heavy (non-hydrogen) atoms. The average molecular weight is 328 g/mol. The van der Waals surface area contributed by atoms with Gasteiger partial charge in [0.15, 0.2) is 11.5 Å². The molecule has 0 saturated heterocycles. The Hall–Kier alpha value is -3.28. The molecule has 0 aliphatic heterocycles. The molecule has 0 unspecified atom stereocenters. The summed E-state index contributed by atoms with van der Waals surface area (Å²) < 4.78 is 15.5. The topological polar surface area (TPSA) is 82.1 Å². The minimum Gasteiger partial charge on any atom is -0.493 e. The van der Waals surface area contributed by atoms with Crippen LogP contribution in [0.15, 0.2) is 48.5 Å². The van der Waals surface area contributed by atoms with Crippen molar-refractivity contribution in [1.29, 1.82) is 0 Å². The summed E-state index contributed by atoms with van der Waals surface area (Å²) in [6.45, 7) is 0. The molecule has 6 heteroatoms. The molecule has 2 rings (SSSR count). The molecule has 0 spiro atoms. The van der Waals surface area contributed by atoms with E-state index in [1.54, 1.807) is 36.4 Å². The predicted molar refractivity (Wildman–Crippen MR) is 87.6 cm³/mol. The summed E-state index contributed by atoms with van der Waals surface area (Å²) in [5.74, 6) is -0.268. The number of aliphatic carboxylic acids is 1. The van der Waals surface area contributed by atoms with E-state index in [1.165, 1.54) is 26.4 Å². The van der Waals surface area contributed by atoms with Crippen LogP contribution in [-0.4, -0.2) is 31.3 Å². The van der Waals surface area contributed by atoms with Gasteiger partial charge >= 0.3 is 11.9 Å². The minimum absolute atomic E-state index is 0.322. The Balaban J connectivity index is 2.10. The van der Waals surface area contributed by atoms with Crippen LogP contribution in [0.4, 0.5) is 0 Å². The van der Waals surface area contributed by atoms with E-state index < -0.39 is 11.9 Å². The molecule has 124 valence electrons. The standard InChI is InChI=1S/C18H16O6/c1-22-15-9-6-13(11-16(15)23-2)18(21)24-14-7-3-12(4-8-14)5-10-17(19)20/h3-11H,1-2H3,(H,19,20)/b10-5+. The van der Waals surface area contributed by atoms with Crippen LogP contribution >= 0.6 is 0 Å². The molecule has 0 amide bonds. The molecule has 0 radical (unpaired) electrons. The molecule has 0 aliphatic carbocycles. The molecule has 1 N–H and O–H groups in total. The van der Waals surface area contributed by atoms with Gasteiger partial charge < -0.3 is 19.3 Å². The zero-order valence-electron chi connectivity index (χ0n) is 13.2. The maximum Gasteiger partial charge on any atom is 0.343 e. The zero-order chi connectivity index (χ0) is 17.5. The monoisotopic (exact) mass is 328 g/mol. The molecule has 0 bridgehead atoms. The minimum atomic E-state index is -1.03. The summed E-state index contributed by atoms with van der Waals surface area (Å²) >= 11 is 0. The zero-order valence-corrected chi connectivity index (χ0v) is 13.2. The Labute approximate surface area is 138 Å². The van der Waals surface area contributed by atoms with Gasteiger partial charge in [-0.3, -0.25) is 0 Å². The normalized spacial score (nSPS) is 10.4. The van der Waals surface area contributed by atoms with Crippen LogP contribution in [0.3, 0.4) is 0 Å². The molecule has 0 aromatic heterocycles. The smallest absolute Gasteiger partial charge is 0.343 e. The van der Waals surface area contributed by atoms with E-state index in [9.17, 15) is 9.59 Å². The quantitative estimate of drug-likeness (QED) is 0.499. The number of carbonyl (C=O) groups excluding carboxylic acids is 1. The van der Waals surface area contributed by atoms with Crippen molar-refractivity contribution in [2.45, 2.75) is 0 Å². The van der Waals surface area contributed by atoms with Crippen LogP contribution < -0.4 is 14.2 Å². The van der Waals surface area contributed by atoms with Crippen molar-refractivity contribution < 1.29 is 28.9 Å². The van der Waals surface area contributed by atoms with Crippen LogP contribution in [0.25, 0.3) is 6.08 Å². The summed E-state index contributed by atoms with van der Waals surface area (Å²) in [4.78, 5) is 22.6. The van der Waals surface area contributed by atoms with Gasteiger partial charge in [-0.25, -0.2) is 9.59 Å². The number of carboxylic acids is 1. The van der Waals surface area contributed by atoms with Gasteiger partial charge in [0.2, 0.25) is 0 Å². The highest BCUT2D eigenvalue weighted by atomic mass is 16.5. The van der Waals surface area contributed by atoms with Crippen LogP contribution in [0.2, 0.25) is 0 Å². The van der Waals surface area contributed by atoms with Gasteiger partial charge in [-0.1, -0.05) is 12.1 Å². The van der Waals surface area contributed by atoms with Gasteiger partial charge in [0.1, 0.15) is 5.75 Å². The SMILES string of the molecule is COc1ccc(C(=O)Oc2ccc(/C=C/C(=O)O)cc2)cc1OC. The summed E-state index contributed by atoms with van der Waals surface area (Å²) in [7, 11) is 2.99. The number of rotatable bonds is 6. The number of esters is 1. The van der Waals surface area contributed by atoms with E-state index in [4.69, 9.17) is 19.3 Å². The maximum absolute atomic E-state index is 12.2. The molecular weight excluding hydrogens is 312 g/mol. The van der Waals surface area contributed by atoms with Crippen molar-refractivity contribution in [3.8, 4) is 17.2 Å². The van der Waals surface area contributed by atoms with Crippen LogP contribution in [-0.2, 0) is 4.79 Å². The number of methoxy groups -OCH3 is 2. The fourth-order valence-corrected chi connectivity index (χ4v) is 1.94. The van der Waals surface area contributed by atoms with Crippen molar-refractivity contribution in [3.63, 3.8) is 0 Å². The van der Waals surface area contributed by atoms with Crippen molar-refractivity contribution in [2.24, 2.45) is 0 Å². The number of carboxylic acid groups (broad SMARTS) is 1. The molecule has 0 heterocycles. The average Bonchev–Trinajstić information content (AvgIpc) is 2.60. The van der Waals surface area contributed by atoms with Crippen molar-refractivity contribution >= 4 is 18.0 Å². The predicted octanol–water partition coefficient (Wildman–Crippen LogP) is 3.02. The fourth-order valence-electron chi connectivity index (χ4n) is 1.94. The second-order valence-corrected chi connectivity index (χ2v) is 4.70. The highest BCUT2D eigenvalue weighted by molar-refractivity contribution is 5.92. The van der Waals surface area contributed by atoms with Crippen LogP contribution in [0, 0.1) is 0 Å². The third-order valence-corrected chi connectivity index (χ3v) is 3.13. The van der Waals surface area contributed by atoms with Crippen molar-refractivity contribution in [3.05, 3.63) is 59.7 Å². The lowest BCUT2D eigenvalue weighted by atomic mass is 10.2. The summed E-state index contributed by atoms with van der Waals surface area (Å²) in [5.41, 5.74) is 1.01. The first-order valence-electron chi connectivity index (χ1n) is 6.98. The Kier molecular flexibility index (Phi) is 5.57. The largest absolute Gasteiger partial charge is 0.493 e. The first-order valence-corrected chi connectivity index (χ1v) is 6.98. The van der Waals surface area contributed by atoms with E-state index in [1.807, 2.05) is 0 Å². The van der Waals surface area contributed by atoms with E-state index in [0.29, 0.717) is 28.4 Å². The lowest BCUT2D eigenvalue weighted by Crippen LogP contribution is -2.08. The number of benzene rings is 2. The number of carbonyl (C=O) groups is 2. The maximum atomic E-state index is 12.2. The summed E-state index contributed by atoms with van der Waals surface area (Å²) in [6.07, 6.45) is 2.48. The van der Waals surface area contributed by atoms with E-state index in [-0.39, 0.29) is 0 Å². The van der Waals surface area contributed by atoms with E-state index in [0.717, 1.165) is 6.08 Å². The molecule has 0 saturated carbocycles. The third-order valence-electron chi connectivity index (χ3n) is 3.13. The Morgan fingerprint density at radius 2 is 1.62 bits per heavy atom. The van der Waals surface area contributed by atoms with Crippen molar-refractivity contribution in [2.75, 3.05) is 14.2 Å². The van der Waals surface area contributed by atoms with Gasteiger partial charge in [0.05, 0.1) is 19.8 Å². The number of hydrogen-bond donors (Lipinski definition) is 1. The second-order valence-electron chi connectivity index (χ2n) is 4.70. The number of ether oxygens (including phenoxy) is 3. The summed E-state index contributed by atoms with van der Waals surface area (Å²) in [6, 6.07) is 11.2. The first-order chi connectivity index (χ1) is 11.5. The second kappa shape index (κ2) is 7.82. The van der Waals surface area contributed by atoms with Crippen LogP contribution in [0.1, 0.15) is 15.9 Å². The Morgan fingerprint density at radius 1 is 0.958 bits per heavy atom. The lowest BCUT2D eigenvalue weighted by molar-refractivity contribution is -0.131. The van der Waals surface area contributed by atoms with E-state index >= 15 is 0 Å². The van der Waals surface area contributed by atoms with Gasteiger partial charge in [0, 0.05) is 6.08 Å². The molecule has 2 aromatic rings. The lowest BCUT2D eigenvalue weighted by Gasteiger charge is -2.09. The van der Waals surface area contributed by atoms with Crippen molar-refractivity contribution in [1.82, 2.24) is 0 Å². The van der Waals surface area contributed by atoms with Gasteiger partial charge in [-0.15, -0.1) is 0 Å². The summed E-state index contributed by atoms with van der Waals surface area (Å²) in [5, 5.41) is 8.58. The molecular formula is C18H16O6. The van der Waals surface area contributed by atoms with Gasteiger partial charge in [0.25, 0.3) is 0 Å². The van der Waals surface area contributed by atoms with Gasteiger partial charge in [-0.05, 0) is 42.0 Å². The fraction of sp³-hybridized carbons (Fsp3) is 0.111. The third kappa shape index (κ3) is 4.36. The molecule has 0 atom stereocenters. The molecule has 6 nitrogen and oxygen atoms in total. The Morgan fingerprint density at radius 3 is 2.21 bits per heavy atom. The van der Waals surface area contributed by atoms with Crippen LogP contribution in [0.5, 0.6) is 17.2 Å².